The Balaban J connectivity index is 2.85. The Kier molecular flexibility index (Phi) is 2.13. The molecule has 0 fully saturated rings. The fourth-order valence-electron chi connectivity index (χ4n) is 0.916. The predicted octanol–water partition coefficient (Wildman–Crippen LogP) is 1.54. The summed E-state index contributed by atoms with van der Waals surface area (Å²) >= 11 is 0. The molecular formula is C6H9N5. The Morgan fingerprint density at radius 2 is 2.55 bits per heavy atom. The van der Waals surface area contributed by atoms with Crippen LogP contribution in [0.15, 0.2) is 11.2 Å². The second-order valence-electron chi connectivity index (χ2n) is 2.29. The second-order valence-corrected chi connectivity index (χ2v) is 2.29. The highest BCUT2D eigenvalue weighted by atomic mass is 15.3. The highest BCUT2D eigenvalue weighted by Gasteiger charge is 1.98. The van der Waals surface area contributed by atoms with Gasteiger partial charge in [-0.2, -0.15) is 5.10 Å². The first kappa shape index (κ1) is 7.63. The molecule has 0 aliphatic carbocycles. The second kappa shape index (κ2) is 3.07. The Bertz CT molecular complexity index is 294. The van der Waals surface area contributed by atoms with E-state index in [1.165, 1.54) is 0 Å². The lowest BCUT2D eigenvalue weighted by Gasteiger charge is -1.93. The highest BCUT2D eigenvalue weighted by molar-refractivity contribution is 5.08. The van der Waals surface area contributed by atoms with Crippen molar-refractivity contribution in [1.82, 2.24) is 9.78 Å². The maximum absolute atomic E-state index is 8.05. The predicted molar refractivity (Wildman–Crippen MR) is 40.8 cm³/mol. The maximum atomic E-state index is 8.05. The van der Waals surface area contributed by atoms with Crippen LogP contribution in [0.4, 0.5) is 0 Å². The van der Waals surface area contributed by atoms with Crippen molar-refractivity contribution in [2.75, 3.05) is 0 Å². The molecule has 0 bridgehead atoms. The molecule has 0 spiro atoms. The van der Waals surface area contributed by atoms with Crippen molar-refractivity contribution in [3.05, 3.63) is 27.9 Å². The number of nitrogens with zero attached hydrogens (tertiary/aromatic N) is 5. The average molecular weight is 151 g/mol. The molecule has 0 aliphatic rings. The molecule has 1 heterocycles. The molecule has 0 radical (unpaired) electrons. The standard InChI is InChI=1S/C6H9N5/c1-5-3-6(4-8-10-7)11(2)9-5/h3H,4H2,1-2H3. The number of aryl methyl sites for hydroxylation is 2. The van der Waals surface area contributed by atoms with Crippen LogP contribution in [-0.4, -0.2) is 9.78 Å². The van der Waals surface area contributed by atoms with Crippen LogP contribution in [0.3, 0.4) is 0 Å². The summed E-state index contributed by atoms with van der Waals surface area (Å²) in [6, 6.07) is 1.90. The number of aromatic nitrogens is 2. The van der Waals surface area contributed by atoms with E-state index < -0.39 is 0 Å². The molecule has 1 rings (SSSR count). The van der Waals surface area contributed by atoms with Crippen LogP contribution in [0.25, 0.3) is 10.4 Å². The maximum Gasteiger partial charge on any atom is 0.0681 e. The van der Waals surface area contributed by atoms with Crippen LogP contribution in [0, 0.1) is 6.92 Å². The van der Waals surface area contributed by atoms with Crippen molar-refractivity contribution in [3.8, 4) is 0 Å². The fourth-order valence-corrected chi connectivity index (χ4v) is 0.916. The third kappa shape index (κ3) is 1.72. The van der Waals surface area contributed by atoms with Gasteiger partial charge in [0.15, 0.2) is 0 Å². The topological polar surface area (TPSA) is 66.6 Å². The van der Waals surface area contributed by atoms with Gasteiger partial charge in [-0.3, -0.25) is 4.68 Å². The van der Waals surface area contributed by atoms with Gasteiger partial charge in [-0.1, -0.05) is 5.11 Å². The minimum atomic E-state index is 0.369. The highest BCUT2D eigenvalue weighted by Crippen LogP contribution is 2.02. The lowest BCUT2D eigenvalue weighted by molar-refractivity contribution is 0.704. The minimum Gasteiger partial charge on any atom is -0.272 e. The molecule has 0 aliphatic heterocycles. The van der Waals surface area contributed by atoms with E-state index in [0.717, 1.165) is 11.4 Å². The van der Waals surface area contributed by atoms with Crippen LogP contribution < -0.4 is 0 Å². The van der Waals surface area contributed by atoms with Crippen LogP contribution in [0.2, 0.25) is 0 Å². The molecule has 1 aromatic rings. The number of hydrogen-bond donors (Lipinski definition) is 0. The largest absolute Gasteiger partial charge is 0.272 e. The van der Waals surface area contributed by atoms with Gasteiger partial charge >= 0.3 is 0 Å². The molecule has 5 heteroatoms. The van der Waals surface area contributed by atoms with E-state index >= 15 is 0 Å². The summed E-state index contributed by atoms with van der Waals surface area (Å²) in [6.07, 6.45) is 0. The van der Waals surface area contributed by atoms with Gasteiger partial charge in [0.25, 0.3) is 0 Å². The van der Waals surface area contributed by atoms with Crippen LogP contribution in [-0.2, 0) is 13.6 Å². The first-order chi connectivity index (χ1) is 5.24. The van der Waals surface area contributed by atoms with Gasteiger partial charge in [-0.05, 0) is 18.5 Å². The molecule has 0 unspecified atom stereocenters. The monoisotopic (exact) mass is 151 g/mol. The van der Waals surface area contributed by atoms with Crippen LogP contribution in [0.5, 0.6) is 0 Å². The van der Waals surface area contributed by atoms with E-state index in [1.54, 1.807) is 4.68 Å². The van der Waals surface area contributed by atoms with Gasteiger partial charge < -0.3 is 0 Å². The van der Waals surface area contributed by atoms with E-state index in [-0.39, 0.29) is 0 Å². The molecule has 0 saturated heterocycles. The summed E-state index contributed by atoms with van der Waals surface area (Å²) < 4.78 is 1.71. The van der Waals surface area contributed by atoms with Crippen molar-refractivity contribution < 1.29 is 0 Å². The Hall–Kier alpha value is -1.48. The van der Waals surface area contributed by atoms with E-state index in [2.05, 4.69) is 15.1 Å². The van der Waals surface area contributed by atoms with Gasteiger partial charge in [0, 0.05) is 17.7 Å². The third-order valence-corrected chi connectivity index (χ3v) is 1.39. The fraction of sp³-hybridized carbons (Fsp3) is 0.500. The first-order valence-corrected chi connectivity index (χ1v) is 3.24. The number of hydrogen-bond acceptors (Lipinski definition) is 2. The summed E-state index contributed by atoms with van der Waals surface area (Å²) in [5, 5.41) is 7.53. The van der Waals surface area contributed by atoms with Gasteiger partial charge in [0.05, 0.1) is 12.2 Å². The zero-order chi connectivity index (χ0) is 8.27. The molecule has 11 heavy (non-hydrogen) atoms. The first-order valence-electron chi connectivity index (χ1n) is 3.24. The van der Waals surface area contributed by atoms with Crippen molar-refractivity contribution in [2.24, 2.45) is 12.2 Å². The van der Waals surface area contributed by atoms with Gasteiger partial charge in [-0.15, -0.1) is 0 Å². The SMILES string of the molecule is Cc1cc(CN=[N+]=[N-])n(C)n1. The molecule has 0 atom stereocenters. The van der Waals surface area contributed by atoms with Crippen molar-refractivity contribution in [1.29, 1.82) is 0 Å². The molecule has 5 nitrogen and oxygen atoms in total. The lowest BCUT2D eigenvalue weighted by Crippen LogP contribution is -1.95. The van der Waals surface area contributed by atoms with Crippen molar-refractivity contribution >= 4 is 0 Å². The summed E-state index contributed by atoms with van der Waals surface area (Å²) in [7, 11) is 1.83. The number of azide groups is 1. The molecule has 58 valence electrons. The summed E-state index contributed by atoms with van der Waals surface area (Å²) in [6.45, 7) is 2.27. The quantitative estimate of drug-likeness (QED) is 0.359. The Morgan fingerprint density at radius 1 is 1.82 bits per heavy atom. The molecular weight excluding hydrogens is 142 g/mol. The van der Waals surface area contributed by atoms with Crippen molar-refractivity contribution in [2.45, 2.75) is 13.5 Å². The van der Waals surface area contributed by atoms with Crippen LogP contribution in [0.1, 0.15) is 11.4 Å². The Morgan fingerprint density at radius 3 is 3.00 bits per heavy atom. The zero-order valence-corrected chi connectivity index (χ0v) is 6.52. The van der Waals surface area contributed by atoms with E-state index in [9.17, 15) is 0 Å². The average Bonchev–Trinajstić information content (AvgIpc) is 2.26. The molecule has 1 aromatic heterocycles. The Labute approximate surface area is 64.3 Å². The molecule has 0 saturated carbocycles. The zero-order valence-electron chi connectivity index (χ0n) is 6.52. The minimum absolute atomic E-state index is 0.369. The van der Waals surface area contributed by atoms with Crippen LogP contribution >= 0.6 is 0 Å². The van der Waals surface area contributed by atoms with Crippen molar-refractivity contribution in [3.63, 3.8) is 0 Å². The number of rotatable bonds is 2. The van der Waals surface area contributed by atoms with E-state index in [1.807, 2.05) is 20.0 Å². The van der Waals surface area contributed by atoms with E-state index in [4.69, 9.17) is 5.53 Å². The van der Waals surface area contributed by atoms with Gasteiger partial charge in [0.1, 0.15) is 0 Å². The normalized spacial score (nSPS) is 9.27. The van der Waals surface area contributed by atoms with Gasteiger partial charge in [-0.25, -0.2) is 0 Å². The lowest BCUT2D eigenvalue weighted by atomic mass is 10.4. The van der Waals surface area contributed by atoms with Gasteiger partial charge in [0.2, 0.25) is 0 Å². The van der Waals surface area contributed by atoms with E-state index in [0.29, 0.717) is 6.54 Å². The third-order valence-electron chi connectivity index (χ3n) is 1.39. The summed E-state index contributed by atoms with van der Waals surface area (Å²) in [5.41, 5.74) is 9.93. The molecule has 0 aromatic carbocycles. The molecule has 0 amide bonds. The summed E-state index contributed by atoms with van der Waals surface area (Å²) in [5.74, 6) is 0. The molecule has 0 N–H and O–H groups in total. The summed E-state index contributed by atoms with van der Waals surface area (Å²) in [4.78, 5) is 2.67. The smallest absolute Gasteiger partial charge is 0.0681 e.